The first-order valence-corrected chi connectivity index (χ1v) is 7.08. The molecule has 0 atom stereocenters. The smallest absolute Gasteiger partial charge is 0.307 e. The van der Waals surface area contributed by atoms with Gasteiger partial charge in [0.05, 0.1) is 6.21 Å². The second-order valence-corrected chi connectivity index (χ2v) is 5.07. The van der Waals surface area contributed by atoms with Crippen molar-refractivity contribution in [1.29, 1.82) is 0 Å². The minimum Gasteiger partial charge on any atom is -0.307 e. The van der Waals surface area contributed by atoms with Crippen LogP contribution in [0.5, 0.6) is 0 Å². The van der Waals surface area contributed by atoms with Crippen LogP contribution in [0.2, 0.25) is 0 Å². The van der Waals surface area contributed by atoms with Crippen molar-refractivity contribution < 1.29 is 4.79 Å². The van der Waals surface area contributed by atoms with Crippen LogP contribution in [0.3, 0.4) is 0 Å². The predicted molar refractivity (Wildman–Crippen MR) is 84.7 cm³/mol. The highest BCUT2D eigenvalue weighted by molar-refractivity contribution is 5.90. The van der Waals surface area contributed by atoms with Crippen LogP contribution in [-0.2, 0) is 12.8 Å². The molecule has 21 heavy (non-hydrogen) atoms. The van der Waals surface area contributed by atoms with Gasteiger partial charge in [0.15, 0.2) is 0 Å². The Hall–Kier alpha value is -2.62. The van der Waals surface area contributed by atoms with Crippen molar-refractivity contribution >= 4 is 17.9 Å². The predicted octanol–water partition coefficient (Wildman–Crippen LogP) is 3.33. The molecule has 4 heteroatoms. The number of aryl methyl sites for hydroxylation is 2. The molecule has 106 valence electrons. The molecule has 1 aliphatic rings. The molecule has 4 nitrogen and oxygen atoms in total. The molecule has 0 fully saturated rings. The summed E-state index contributed by atoms with van der Waals surface area (Å²) in [4.78, 5) is 11.7. The zero-order valence-electron chi connectivity index (χ0n) is 11.7. The van der Waals surface area contributed by atoms with E-state index in [1.54, 1.807) is 6.21 Å². The number of anilines is 1. The number of hydrogen-bond acceptors (Lipinski definition) is 2. The molecule has 0 saturated carbocycles. The largest absolute Gasteiger partial charge is 0.339 e. The van der Waals surface area contributed by atoms with Gasteiger partial charge in [-0.25, -0.2) is 10.2 Å². The van der Waals surface area contributed by atoms with E-state index in [-0.39, 0.29) is 6.03 Å². The van der Waals surface area contributed by atoms with Gasteiger partial charge >= 0.3 is 6.03 Å². The van der Waals surface area contributed by atoms with Crippen molar-refractivity contribution in [1.82, 2.24) is 5.43 Å². The van der Waals surface area contributed by atoms with E-state index in [1.165, 1.54) is 24.0 Å². The first kappa shape index (κ1) is 13.4. The standard InChI is InChI=1S/C17H17N3O/c21-17(19-16-7-2-1-3-8-16)20-18-12-13-9-10-14-5-4-6-15(14)11-13/h1-3,7-12H,4-6H2,(H2,19,20,21). The first-order valence-electron chi connectivity index (χ1n) is 7.08. The van der Waals surface area contributed by atoms with E-state index < -0.39 is 0 Å². The van der Waals surface area contributed by atoms with Gasteiger partial charge < -0.3 is 5.32 Å². The van der Waals surface area contributed by atoms with Crippen molar-refractivity contribution in [2.75, 3.05) is 5.32 Å². The van der Waals surface area contributed by atoms with Crippen molar-refractivity contribution in [2.24, 2.45) is 5.10 Å². The van der Waals surface area contributed by atoms with Crippen molar-refractivity contribution in [3.63, 3.8) is 0 Å². The fourth-order valence-corrected chi connectivity index (χ4v) is 2.52. The molecule has 2 N–H and O–H groups in total. The van der Waals surface area contributed by atoms with E-state index in [9.17, 15) is 4.79 Å². The second kappa shape index (κ2) is 6.22. The maximum absolute atomic E-state index is 11.7. The summed E-state index contributed by atoms with van der Waals surface area (Å²) in [6.45, 7) is 0. The highest BCUT2D eigenvalue weighted by Gasteiger charge is 2.09. The Balaban J connectivity index is 1.56. The Bertz CT molecular complexity index is 665. The maximum atomic E-state index is 11.7. The third-order valence-corrected chi connectivity index (χ3v) is 3.53. The third-order valence-electron chi connectivity index (χ3n) is 3.53. The number of fused-ring (bicyclic) bond motifs is 1. The quantitative estimate of drug-likeness (QED) is 0.657. The molecule has 0 aromatic heterocycles. The average molecular weight is 279 g/mol. The summed E-state index contributed by atoms with van der Waals surface area (Å²) in [6.07, 6.45) is 5.21. The van der Waals surface area contributed by atoms with Crippen LogP contribution >= 0.6 is 0 Å². The summed E-state index contributed by atoms with van der Waals surface area (Å²) < 4.78 is 0. The second-order valence-electron chi connectivity index (χ2n) is 5.07. The van der Waals surface area contributed by atoms with E-state index in [1.807, 2.05) is 36.4 Å². The zero-order valence-corrected chi connectivity index (χ0v) is 11.7. The Morgan fingerprint density at radius 1 is 1.05 bits per heavy atom. The number of rotatable bonds is 3. The zero-order chi connectivity index (χ0) is 14.5. The maximum Gasteiger partial charge on any atom is 0.339 e. The highest BCUT2D eigenvalue weighted by Crippen LogP contribution is 2.22. The number of hydrogen-bond donors (Lipinski definition) is 2. The molecule has 2 aromatic carbocycles. The summed E-state index contributed by atoms with van der Waals surface area (Å²) in [5, 5.41) is 6.68. The molecule has 0 spiro atoms. The van der Waals surface area contributed by atoms with Crippen molar-refractivity contribution in [2.45, 2.75) is 19.3 Å². The Morgan fingerprint density at radius 3 is 2.71 bits per heavy atom. The lowest BCUT2D eigenvalue weighted by Gasteiger charge is -2.03. The van der Waals surface area contributed by atoms with Gasteiger partial charge in [-0.1, -0.05) is 30.3 Å². The number of carbonyl (C=O) groups excluding carboxylic acids is 1. The number of amides is 2. The summed E-state index contributed by atoms with van der Waals surface area (Å²) in [5.74, 6) is 0. The van der Waals surface area contributed by atoms with Gasteiger partial charge in [0.2, 0.25) is 0 Å². The van der Waals surface area contributed by atoms with Crippen LogP contribution in [-0.4, -0.2) is 12.2 Å². The highest BCUT2D eigenvalue weighted by atomic mass is 16.2. The van der Waals surface area contributed by atoms with E-state index in [2.05, 4.69) is 28.0 Å². The molecule has 0 aliphatic heterocycles. The van der Waals surface area contributed by atoms with Crippen LogP contribution < -0.4 is 10.7 Å². The molecule has 2 amide bonds. The topological polar surface area (TPSA) is 53.5 Å². The number of benzene rings is 2. The lowest BCUT2D eigenvalue weighted by atomic mass is 10.1. The minimum atomic E-state index is -0.349. The average Bonchev–Trinajstić information content (AvgIpc) is 2.96. The van der Waals surface area contributed by atoms with Crippen molar-refractivity contribution in [3.05, 3.63) is 65.2 Å². The number of hydrazone groups is 1. The van der Waals surface area contributed by atoms with Crippen LogP contribution in [0.25, 0.3) is 0 Å². The fourth-order valence-electron chi connectivity index (χ4n) is 2.52. The summed E-state index contributed by atoms with van der Waals surface area (Å²) in [5.41, 5.74) is 7.04. The summed E-state index contributed by atoms with van der Waals surface area (Å²) in [7, 11) is 0. The third kappa shape index (κ3) is 3.48. The number of nitrogens with one attached hydrogen (secondary N) is 2. The van der Waals surface area contributed by atoms with Gasteiger partial charge in [0.25, 0.3) is 0 Å². The van der Waals surface area contributed by atoms with Crippen LogP contribution in [0.4, 0.5) is 10.5 Å². The lowest BCUT2D eigenvalue weighted by molar-refractivity contribution is 0.252. The van der Waals surface area contributed by atoms with Gasteiger partial charge in [-0.3, -0.25) is 0 Å². The number of carbonyl (C=O) groups is 1. The fraction of sp³-hybridized carbons (Fsp3) is 0.176. The SMILES string of the molecule is O=C(NN=Cc1ccc2c(c1)CCC2)Nc1ccccc1. The normalized spacial score (nSPS) is 13.1. The number of nitrogens with zero attached hydrogens (tertiary/aromatic N) is 1. The number of urea groups is 1. The van der Waals surface area contributed by atoms with E-state index in [4.69, 9.17) is 0 Å². The molecule has 1 aliphatic carbocycles. The van der Waals surface area contributed by atoms with E-state index in [0.717, 1.165) is 17.7 Å². The molecule has 3 rings (SSSR count). The van der Waals surface area contributed by atoms with Crippen molar-refractivity contribution in [3.8, 4) is 0 Å². The molecule has 0 saturated heterocycles. The molecule has 2 aromatic rings. The van der Waals surface area contributed by atoms with E-state index in [0.29, 0.717) is 0 Å². The van der Waals surface area contributed by atoms with E-state index >= 15 is 0 Å². The van der Waals surface area contributed by atoms with Gasteiger partial charge in [0, 0.05) is 5.69 Å². The van der Waals surface area contributed by atoms with Crippen LogP contribution in [0, 0.1) is 0 Å². The molecule has 0 unspecified atom stereocenters. The summed E-state index contributed by atoms with van der Waals surface area (Å²) in [6, 6.07) is 15.2. The Morgan fingerprint density at radius 2 is 1.86 bits per heavy atom. The van der Waals surface area contributed by atoms with Gasteiger partial charge in [-0.15, -0.1) is 0 Å². The molecular formula is C17H17N3O. The van der Waals surface area contributed by atoms with Crippen LogP contribution in [0.1, 0.15) is 23.1 Å². The molecule has 0 heterocycles. The Labute approximate surface area is 123 Å². The van der Waals surface area contributed by atoms with Gasteiger partial charge in [0.1, 0.15) is 0 Å². The van der Waals surface area contributed by atoms with Gasteiger partial charge in [-0.2, -0.15) is 5.10 Å². The number of para-hydroxylation sites is 1. The molecule has 0 radical (unpaired) electrons. The molecule has 0 bridgehead atoms. The van der Waals surface area contributed by atoms with Crippen LogP contribution in [0.15, 0.2) is 53.6 Å². The Kier molecular flexibility index (Phi) is 3.96. The minimum absolute atomic E-state index is 0.349. The summed E-state index contributed by atoms with van der Waals surface area (Å²) >= 11 is 0. The van der Waals surface area contributed by atoms with Gasteiger partial charge in [-0.05, 0) is 54.2 Å². The lowest BCUT2D eigenvalue weighted by Crippen LogP contribution is -2.24. The first-order chi connectivity index (χ1) is 10.3. The molecular weight excluding hydrogens is 262 g/mol. The monoisotopic (exact) mass is 279 g/mol.